The molecule has 1 N–H and O–H groups in total. The van der Waals surface area contributed by atoms with Gasteiger partial charge in [-0.3, -0.25) is 4.79 Å². The molecule has 0 aliphatic rings. The molecule has 0 saturated carbocycles. The first-order chi connectivity index (χ1) is 12.3. The van der Waals surface area contributed by atoms with Crippen LogP contribution in [0.15, 0.2) is 54.3 Å². The Balaban J connectivity index is 1.41. The topological polar surface area (TPSA) is 67.8 Å². The van der Waals surface area contributed by atoms with Crippen LogP contribution in [0.25, 0.3) is 0 Å². The second kappa shape index (κ2) is 9.03. The predicted molar refractivity (Wildman–Crippen MR) is 98.4 cm³/mol. The molecule has 0 atom stereocenters. The van der Waals surface area contributed by atoms with Crippen LogP contribution in [0.5, 0.6) is 0 Å². The van der Waals surface area contributed by atoms with Gasteiger partial charge in [0, 0.05) is 23.8 Å². The van der Waals surface area contributed by atoms with Crippen molar-refractivity contribution in [3.63, 3.8) is 0 Å². The molecular formula is C19H20N4OS. The fraction of sp³-hybridized carbons (Fsp3) is 0.263. The van der Waals surface area contributed by atoms with E-state index in [1.54, 1.807) is 23.9 Å². The molecule has 1 amide bonds. The van der Waals surface area contributed by atoms with E-state index in [4.69, 9.17) is 0 Å². The molecule has 0 radical (unpaired) electrons. The summed E-state index contributed by atoms with van der Waals surface area (Å²) >= 11 is 1.55. The van der Waals surface area contributed by atoms with E-state index in [9.17, 15) is 4.79 Å². The van der Waals surface area contributed by atoms with Gasteiger partial charge in [-0.25, -0.2) is 15.0 Å². The van der Waals surface area contributed by atoms with Gasteiger partial charge in [0.1, 0.15) is 12.0 Å². The number of aromatic nitrogens is 3. The highest BCUT2D eigenvalue weighted by Crippen LogP contribution is 2.14. The molecule has 3 aromatic rings. The Morgan fingerprint density at radius 1 is 1.08 bits per heavy atom. The number of amides is 1. The Kier molecular flexibility index (Phi) is 6.23. The van der Waals surface area contributed by atoms with Crippen molar-refractivity contribution in [2.45, 2.75) is 32.2 Å². The van der Waals surface area contributed by atoms with E-state index < -0.39 is 0 Å². The first kappa shape index (κ1) is 17.2. The van der Waals surface area contributed by atoms with E-state index in [-0.39, 0.29) is 5.91 Å². The van der Waals surface area contributed by atoms with E-state index in [1.165, 1.54) is 0 Å². The Morgan fingerprint density at radius 3 is 2.72 bits per heavy atom. The second-order valence-corrected chi connectivity index (χ2v) is 6.65. The number of carbonyl (C=O) groups is 1. The molecule has 2 heterocycles. The van der Waals surface area contributed by atoms with Crippen LogP contribution in [0.4, 0.5) is 0 Å². The number of carbonyl (C=O) groups excluding carboxylic acids is 1. The van der Waals surface area contributed by atoms with Crippen LogP contribution in [0.3, 0.4) is 0 Å². The maximum atomic E-state index is 12.2. The van der Waals surface area contributed by atoms with Crippen molar-refractivity contribution in [2.75, 3.05) is 0 Å². The van der Waals surface area contributed by atoms with E-state index in [1.807, 2.05) is 41.8 Å². The zero-order chi connectivity index (χ0) is 17.3. The van der Waals surface area contributed by atoms with Gasteiger partial charge in [0.05, 0.1) is 5.01 Å². The highest BCUT2D eigenvalue weighted by atomic mass is 32.1. The summed E-state index contributed by atoms with van der Waals surface area (Å²) in [7, 11) is 0. The number of hydrogen-bond donors (Lipinski definition) is 1. The van der Waals surface area contributed by atoms with E-state index in [2.05, 4.69) is 20.3 Å². The normalized spacial score (nSPS) is 10.6. The fourth-order valence-electron chi connectivity index (χ4n) is 2.45. The minimum Gasteiger partial charge on any atom is -0.347 e. The van der Waals surface area contributed by atoms with Crippen molar-refractivity contribution in [1.82, 2.24) is 20.3 Å². The summed E-state index contributed by atoms with van der Waals surface area (Å²) in [5.41, 5.74) is 2.65. The zero-order valence-corrected chi connectivity index (χ0v) is 14.7. The predicted octanol–water partition coefficient (Wildman–Crippen LogP) is 3.43. The van der Waals surface area contributed by atoms with Crippen LogP contribution in [0.1, 0.15) is 39.6 Å². The molecule has 0 unspecified atom stereocenters. The van der Waals surface area contributed by atoms with Crippen LogP contribution in [-0.4, -0.2) is 20.9 Å². The lowest BCUT2D eigenvalue weighted by atomic mass is 10.1. The van der Waals surface area contributed by atoms with Gasteiger partial charge >= 0.3 is 0 Å². The van der Waals surface area contributed by atoms with Gasteiger partial charge in [0.2, 0.25) is 0 Å². The number of aryl methyl sites for hydroxylation is 2. The maximum Gasteiger partial charge on any atom is 0.271 e. The van der Waals surface area contributed by atoms with Gasteiger partial charge in [0.25, 0.3) is 5.91 Å². The summed E-state index contributed by atoms with van der Waals surface area (Å²) in [5.74, 6) is -0.118. The van der Waals surface area contributed by atoms with Gasteiger partial charge in [0.15, 0.2) is 0 Å². The van der Waals surface area contributed by atoms with Crippen LogP contribution in [0, 0.1) is 0 Å². The highest BCUT2D eigenvalue weighted by Gasteiger charge is 2.10. The number of unbranched alkanes of at least 4 members (excludes halogenated alkanes) is 1. The average Bonchev–Trinajstić information content (AvgIpc) is 3.14. The lowest BCUT2D eigenvalue weighted by Gasteiger charge is -2.03. The Bertz CT molecular complexity index is 789. The molecule has 3 rings (SSSR count). The third-order valence-electron chi connectivity index (χ3n) is 3.80. The van der Waals surface area contributed by atoms with E-state index in [0.29, 0.717) is 12.2 Å². The molecule has 0 aliphatic heterocycles. The molecule has 1 aromatic carbocycles. The molecule has 0 saturated heterocycles. The summed E-state index contributed by atoms with van der Waals surface area (Å²) in [5, 5.41) is 5.75. The zero-order valence-electron chi connectivity index (χ0n) is 13.9. The molecule has 0 bridgehead atoms. The largest absolute Gasteiger partial charge is 0.347 e. The number of thiazole rings is 1. The van der Waals surface area contributed by atoms with Gasteiger partial charge in [-0.05, 0) is 37.3 Å². The number of nitrogens with zero attached hydrogens (tertiary/aromatic N) is 3. The lowest BCUT2D eigenvalue weighted by molar-refractivity contribution is 0.0946. The van der Waals surface area contributed by atoms with Crippen molar-refractivity contribution in [3.8, 4) is 0 Å². The highest BCUT2D eigenvalue weighted by molar-refractivity contribution is 7.09. The van der Waals surface area contributed by atoms with Crippen molar-refractivity contribution >= 4 is 17.2 Å². The summed E-state index contributed by atoms with van der Waals surface area (Å²) in [6.07, 6.45) is 7.26. The molecule has 0 fully saturated rings. The van der Waals surface area contributed by atoms with Gasteiger partial charge < -0.3 is 5.32 Å². The fourth-order valence-corrected chi connectivity index (χ4v) is 3.27. The number of hydrogen-bond acceptors (Lipinski definition) is 5. The summed E-state index contributed by atoms with van der Waals surface area (Å²) in [6.45, 7) is 0.519. The van der Waals surface area contributed by atoms with Gasteiger partial charge in [-0.15, -0.1) is 11.3 Å². The first-order valence-electron chi connectivity index (χ1n) is 8.32. The summed E-state index contributed by atoms with van der Waals surface area (Å²) < 4.78 is 0. The second-order valence-electron chi connectivity index (χ2n) is 5.70. The standard InChI is InChI=1S/C19H20N4OS/c24-19(21-12-15-6-2-1-3-7-15)17-13-25-18(23-17)9-5-4-8-16-10-11-20-14-22-16/h1-3,6-7,10-11,13-14H,4-5,8-9,12H2,(H,21,24). The smallest absolute Gasteiger partial charge is 0.271 e. The minimum absolute atomic E-state index is 0.118. The van der Waals surface area contributed by atoms with Crippen molar-refractivity contribution in [2.24, 2.45) is 0 Å². The maximum absolute atomic E-state index is 12.2. The van der Waals surface area contributed by atoms with Crippen LogP contribution in [0.2, 0.25) is 0 Å². The molecule has 128 valence electrons. The third kappa shape index (κ3) is 5.46. The van der Waals surface area contributed by atoms with Gasteiger partial charge in [-0.2, -0.15) is 0 Å². The minimum atomic E-state index is -0.118. The molecular weight excluding hydrogens is 332 g/mol. The first-order valence-corrected chi connectivity index (χ1v) is 9.20. The Hall–Kier alpha value is -2.60. The Morgan fingerprint density at radius 2 is 1.92 bits per heavy atom. The van der Waals surface area contributed by atoms with Crippen LogP contribution < -0.4 is 5.32 Å². The number of benzene rings is 1. The SMILES string of the molecule is O=C(NCc1ccccc1)c1csc(CCCCc2ccncn2)n1. The average molecular weight is 352 g/mol. The van der Waals surface area contributed by atoms with E-state index >= 15 is 0 Å². The van der Waals surface area contributed by atoms with Crippen molar-refractivity contribution in [1.29, 1.82) is 0 Å². The molecule has 6 heteroatoms. The Labute approximate surface area is 151 Å². The number of rotatable bonds is 8. The molecule has 5 nitrogen and oxygen atoms in total. The van der Waals surface area contributed by atoms with Gasteiger partial charge in [-0.1, -0.05) is 30.3 Å². The van der Waals surface area contributed by atoms with Crippen LogP contribution in [-0.2, 0) is 19.4 Å². The summed E-state index contributed by atoms with van der Waals surface area (Å²) in [4.78, 5) is 24.7. The molecule has 0 spiro atoms. The van der Waals surface area contributed by atoms with E-state index in [0.717, 1.165) is 41.9 Å². The lowest BCUT2D eigenvalue weighted by Crippen LogP contribution is -2.23. The van der Waals surface area contributed by atoms with Crippen molar-refractivity contribution < 1.29 is 4.79 Å². The van der Waals surface area contributed by atoms with Crippen molar-refractivity contribution in [3.05, 3.63) is 76.3 Å². The molecule has 0 aliphatic carbocycles. The number of nitrogens with one attached hydrogen (secondary N) is 1. The molecule has 25 heavy (non-hydrogen) atoms. The van der Waals surface area contributed by atoms with Crippen LogP contribution >= 0.6 is 11.3 Å². The monoisotopic (exact) mass is 352 g/mol. The third-order valence-corrected chi connectivity index (χ3v) is 4.71. The quantitative estimate of drug-likeness (QED) is 0.631. The summed E-state index contributed by atoms with van der Waals surface area (Å²) in [6, 6.07) is 11.8. The molecule has 2 aromatic heterocycles.